The van der Waals surface area contributed by atoms with E-state index in [9.17, 15) is 13.2 Å². The summed E-state index contributed by atoms with van der Waals surface area (Å²) in [6, 6.07) is 13.4. The van der Waals surface area contributed by atoms with Gasteiger partial charge in [0.25, 0.3) is 0 Å². The number of carbonyl (C=O) groups is 1. The van der Waals surface area contributed by atoms with Gasteiger partial charge >= 0.3 is 0 Å². The lowest BCUT2D eigenvalue weighted by Gasteiger charge is -2.11. The van der Waals surface area contributed by atoms with E-state index in [1.165, 1.54) is 13.2 Å². The van der Waals surface area contributed by atoms with Gasteiger partial charge in [-0.25, -0.2) is 8.42 Å². The number of aryl methyl sites for hydroxylation is 1. The highest BCUT2D eigenvalue weighted by molar-refractivity contribution is 7.92. The molecule has 0 aliphatic carbocycles. The summed E-state index contributed by atoms with van der Waals surface area (Å²) in [4.78, 5) is 12.2. The zero-order valence-corrected chi connectivity index (χ0v) is 13.2. The Labute approximate surface area is 129 Å². The maximum atomic E-state index is 12.3. The van der Waals surface area contributed by atoms with Gasteiger partial charge in [0, 0.05) is 0 Å². The number of hydrogen-bond donors (Lipinski definition) is 1. The van der Waals surface area contributed by atoms with Gasteiger partial charge in [0.05, 0.1) is 17.7 Å². The molecule has 22 heavy (non-hydrogen) atoms. The molecule has 2 rings (SSSR count). The van der Waals surface area contributed by atoms with Crippen LogP contribution >= 0.6 is 0 Å². The molecule has 116 valence electrons. The zero-order chi connectivity index (χ0) is 16.2. The summed E-state index contributed by atoms with van der Waals surface area (Å²) in [5.74, 6) is -0.743. The Morgan fingerprint density at radius 3 is 2.41 bits per heavy atom. The first kappa shape index (κ1) is 16.0. The van der Waals surface area contributed by atoms with Crippen LogP contribution in [0.25, 0.3) is 0 Å². The number of benzene rings is 2. The highest BCUT2D eigenvalue weighted by Gasteiger charge is 2.21. The van der Waals surface area contributed by atoms with Crippen LogP contribution in [0.5, 0.6) is 5.75 Å². The van der Waals surface area contributed by atoms with E-state index in [1.807, 2.05) is 0 Å². The minimum Gasteiger partial charge on any atom is -0.495 e. The van der Waals surface area contributed by atoms with Gasteiger partial charge in [-0.3, -0.25) is 4.79 Å². The minimum atomic E-state index is -3.68. The van der Waals surface area contributed by atoms with E-state index < -0.39 is 21.5 Å². The maximum absolute atomic E-state index is 12.3. The molecular formula is C16H17NO4S. The van der Waals surface area contributed by atoms with Crippen LogP contribution < -0.4 is 10.1 Å². The molecule has 0 aliphatic heterocycles. The maximum Gasteiger partial charge on any atom is 0.240 e. The number of methoxy groups -OCH3 is 1. The van der Waals surface area contributed by atoms with Crippen LogP contribution in [0.15, 0.2) is 53.4 Å². The molecule has 6 heteroatoms. The Morgan fingerprint density at radius 1 is 1.09 bits per heavy atom. The molecule has 1 N–H and O–H groups in total. The van der Waals surface area contributed by atoms with Gasteiger partial charge in [-0.2, -0.15) is 0 Å². The molecule has 1 amide bonds. The zero-order valence-electron chi connectivity index (χ0n) is 12.4. The Hall–Kier alpha value is -2.34. The van der Waals surface area contributed by atoms with E-state index in [4.69, 9.17) is 4.74 Å². The van der Waals surface area contributed by atoms with E-state index in [0.717, 1.165) is 0 Å². The highest BCUT2D eigenvalue weighted by Crippen LogP contribution is 2.23. The van der Waals surface area contributed by atoms with Crippen molar-refractivity contribution in [3.8, 4) is 5.75 Å². The molecule has 0 aromatic heterocycles. The van der Waals surface area contributed by atoms with Crippen molar-refractivity contribution < 1.29 is 17.9 Å². The molecule has 2 aromatic rings. The Kier molecular flexibility index (Phi) is 4.82. The number of amides is 1. The second-order valence-corrected chi connectivity index (χ2v) is 6.73. The summed E-state index contributed by atoms with van der Waals surface area (Å²) in [6.45, 7) is 1.70. The van der Waals surface area contributed by atoms with Crippen LogP contribution in [0.1, 0.15) is 5.56 Å². The first-order chi connectivity index (χ1) is 10.4. The van der Waals surface area contributed by atoms with Crippen LogP contribution in [-0.4, -0.2) is 27.2 Å². The van der Waals surface area contributed by atoms with Crippen LogP contribution in [0.2, 0.25) is 0 Å². The van der Waals surface area contributed by atoms with Crippen LogP contribution in [-0.2, 0) is 14.6 Å². The molecule has 0 radical (unpaired) electrons. The number of para-hydroxylation sites is 2. The summed E-state index contributed by atoms with van der Waals surface area (Å²) in [7, 11) is -2.20. The Morgan fingerprint density at radius 2 is 1.73 bits per heavy atom. The van der Waals surface area contributed by atoms with Crippen molar-refractivity contribution in [2.45, 2.75) is 11.8 Å². The van der Waals surface area contributed by atoms with Crippen molar-refractivity contribution in [1.29, 1.82) is 0 Å². The minimum absolute atomic E-state index is 0.171. The quantitative estimate of drug-likeness (QED) is 0.918. The predicted molar refractivity (Wildman–Crippen MR) is 84.9 cm³/mol. The summed E-state index contributed by atoms with van der Waals surface area (Å²) in [6.07, 6.45) is 0. The number of ether oxygens (including phenoxy) is 1. The molecule has 0 saturated carbocycles. The third-order valence-corrected chi connectivity index (χ3v) is 4.90. The fraction of sp³-hybridized carbons (Fsp3) is 0.188. The monoisotopic (exact) mass is 319 g/mol. The Bertz CT molecular complexity index is 784. The Balaban J connectivity index is 2.17. The summed E-state index contributed by atoms with van der Waals surface area (Å²) < 4.78 is 29.7. The van der Waals surface area contributed by atoms with Crippen molar-refractivity contribution in [1.82, 2.24) is 0 Å². The van der Waals surface area contributed by atoms with Crippen molar-refractivity contribution in [2.24, 2.45) is 0 Å². The molecule has 0 bridgehead atoms. The number of carbonyl (C=O) groups excluding carboxylic acids is 1. The van der Waals surface area contributed by atoms with Crippen molar-refractivity contribution in [3.05, 3.63) is 54.1 Å². The van der Waals surface area contributed by atoms with Crippen molar-refractivity contribution in [3.63, 3.8) is 0 Å². The molecule has 0 saturated heterocycles. The first-order valence-electron chi connectivity index (χ1n) is 6.65. The van der Waals surface area contributed by atoms with E-state index in [2.05, 4.69) is 5.32 Å². The number of sulfone groups is 1. The van der Waals surface area contributed by atoms with E-state index in [0.29, 0.717) is 17.0 Å². The molecule has 0 atom stereocenters. The number of anilines is 1. The van der Waals surface area contributed by atoms with Crippen molar-refractivity contribution >= 4 is 21.4 Å². The molecule has 0 fully saturated rings. The van der Waals surface area contributed by atoms with E-state index >= 15 is 0 Å². The van der Waals surface area contributed by atoms with Crippen LogP contribution in [0.4, 0.5) is 5.69 Å². The predicted octanol–water partition coefficient (Wildman–Crippen LogP) is 2.42. The topological polar surface area (TPSA) is 72.5 Å². The number of hydrogen-bond acceptors (Lipinski definition) is 4. The lowest BCUT2D eigenvalue weighted by molar-refractivity contribution is -0.113. The molecule has 5 nitrogen and oxygen atoms in total. The van der Waals surface area contributed by atoms with Gasteiger partial charge in [-0.05, 0) is 30.7 Å². The average Bonchev–Trinajstić information content (AvgIpc) is 2.47. The lowest BCUT2D eigenvalue weighted by atomic mass is 10.2. The number of nitrogens with one attached hydrogen (secondary N) is 1. The molecule has 0 aliphatic rings. The normalized spacial score (nSPS) is 11.0. The van der Waals surface area contributed by atoms with Gasteiger partial charge in [0.2, 0.25) is 5.91 Å². The summed E-state index contributed by atoms with van der Waals surface area (Å²) >= 11 is 0. The average molecular weight is 319 g/mol. The number of rotatable bonds is 5. The molecule has 0 heterocycles. The molecule has 0 spiro atoms. The van der Waals surface area contributed by atoms with E-state index in [1.54, 1.807) is 49.4 Å². The summed E-state index contributed by atoms with van der Waals surface area (Å²) in [5.41, 5.74) is 1.06. The first-order valence-corrected chi connectivity index (χ1v) is 8.30. The van der Waals surface area contributed by atoms with Crippen molar-refractivity contribution in [2.75, 3.05) is 18.2 Å². The second kappa shape index (κ2) is 6.62. The highest BCUT2D eigenvalue weighted by atomic mass is 32.2. The van der Waals surface area contributed by atoms with Crippen LogP contribution in [0.3, 0.4) is 0 Å². The standard InChI is InChI=1S/C16H17NO4S/c1-12-7-3-6-10-15(12)22(19,20)11-16(18)17-13-8-4-5-9-14(13)21-2/h3-10H,11H2,1-2H3,(H,17,18). The fourth-order valence-corrected chi connectivity index (χ4v) is 3.51. The van der Waals surface area contributed by atoms with Gasteiger partial charge < -0.3 is 10.1 Å². The smallest absolute Gasteiger partial charge is 0.240 e. The largest absolute Gasteiger partial charge is 0.495 e. The van der Waals surface area contributed by atoms with Gasteiger partial charge in [0.1, 0.15) is 11.5 Å². The van der Waals surface area contributed by atoms with Gasteiger partial charge in [-0.15, -0.1) is 0 Å². The fourth-order valence-electron chi connectivity index (χ4n) is 2.09. The van der Waals surface area contributed by atoms with Gasteiger partial charge in [0.15, 0.2) is 9.84 Å². The third-order valence-electron chi connectivity index (χ3n) is 3.13. The molecular weight excluding hydrogens is 302 g/mol. The van der Waals surface area contributed by atoms with E-state index in [-0.39, 0.29) is 4.90 Å². The lowest BCUT2D eigenvalue weighted by Crippen LogP contribution is -2.23. The SMILES string of the molecule is COc1ccccc1NC(=O)CS(=O)(=O)c1ccccc1C. The van der Waals surface area contributed by atoms with Crippen LogP contribution in [0, 0.1) is 6.92 Å². The molecule has 2 aromatic carbocycles. The third kappa shape index (κ3) is 3.65. The van der Waals surface area contributed by atoms with Gasteiger partial charge in [-0.1, -0.05) is 30.3 Å². The molecule has 0 unspecified atom stereocenters. The second-order valence-electron chi connectivity index (χ2n) is 4.77. The summed E-state index contributed by atoms with van der Waals surface area (Å²) in [5, 5.41) is 2.56.